The summed E-state index contributed by atoms with van der Waals surface area (Å²) < 4.78 is 0. The normalized spacial score (nSPS) is 14.4. The van der Waals surface area contributed by atoms with Crippen LogP contribution in [0.2, 0.25) is 0 Å². The van der Waals surface area contributed by atoms with Gasteiger partial charge in [-0.05, 0) is 38.5 Å². The lowest BCUT2D eigenvalue weighted by molar-refractivity contribution is -0.124. The summed E-state index contributed by atoms with van der Waals surface area (Å²) in [6.07, 6.45) is 24.4. The molecule has 3 atom stereocenters. The third-order valence-corrected chi connectivity index (χ3v) is 6.62. The second kappa shape index (κ2) is 25.2. The molecule has 0 saturated carbocycles. The number of aliphatic hydroxyl groups excluding tert-OH is 3. The highest BCUT2D eigenvalue weighted by Crippen LogP contribution is 2.13. The summed E-state index contributed by atoms with van der Waals surface area (Å²) in [5.74, 6) is -0.161. The maximum atomic E-state index is 12.2. The molecule has 1 amide bonds. The van der Waals surface area contributed by atoms with Gasteiger partial charge in [-0.15, -0.1) is 0 Å². The van der Waals surface area contributed by atoms with E-state index in [1.54, 1.807) is 0 Å². The van der Waals surface area contributed by atoms with E-state index in [1.807, 2.05) is 0 Å². The molecule has 0 aliphatic carbocycles. The first-order valence-electron chi connectivity index (χ1n) is 14.5. The van der Waals surface area contributed by atoms with Crippen LogP contribution in [0.1, 0.15) is 142 Å². The van der Waals surface area contributed by atoms with Gasteiger partial charge in [0, 0.05) is 6.42 Å². The summed E-state index contributed by atoms with van der Waals surface area (Å²) in [7, 11) is 0. The van der Waals surface area contributed by atoms with E-state index < -0.39 is 18.2 Å². The molecule has 0 rings (SSSR count). The number of allylic oxidation sites excluding steroid dienone is 2. The minimum Gasteiger partial charge on any atom is -0.394 e. The van der Waals surface area contributed by atoms with Gasteiger partial charge in [-0.25, -0.2) is 0 Å². The highest BCUT2D eigenvalue weighted by atomic mass is 16.3. The fraction of sp³-hybridized carbons (Fsp3) is 0.897. The van der Waals surface area contributed by atoms with Gasteiger partial charge in [-0.1, -0.05) is 109 Å². The van der Waals surface area contributed by atoms with Gasteiger partial charge in [0.25, 0.3) is 0 Å². The average Bonchev–Trinajstić information content (AvgIpc) is 2.84. The van der Waals surface area contributed by atoms with Crippen LogP contribution in [0.3, 0.4) is 0 Å². The van der Waals surface area contributed by atoms with Gasteiger partial charge in [0.05, 0.1) is 18.8 Å². The predicted octanol–water partition coefficient (Wildman–Crippen LogP) is 6.58. The van der Waals surface area contributed by atoms with Crippen LogP contribution in [0.25, 0.3) is 0 Å². The maximum absolute atomic E-state index is 12.2. The van der Waals surface area contributed by atoms with Crippen molar-refractivity contribution >= 4 is 5.91 Å². The van der Waals surface area contributed by atoms with E-state index in [0.29, 0.717) is 12.8 Å². The highest BCUT2D eigenvalue weighted by molar-refractivity contribution is 5.76. The number of aliphatic hydroxyl groups is 3. The van der Waals surface area contributed by atoms with Crippen LogP contribution in [0.5, 0.6) is 0 Å². The first-order chi connectivity index (χ1) is 16.6. The molecular formula is C29H57NO4. The minimum absolute atomic E-state index is 0.161. The molecule has 0 aliphatic heterocycles. The molecule has 0 aliphatic rings. The van der Waals surface area contributed by atoms with Crippen molar-refractivity contribution in [3.63, 3.8) is 0 Å². The van der Waals surface area contributed by atoms with Gasteiger partial charge in [-0.2, -0.15) is 0 Å². The zero-order chi connectivity index (χ0) is 25.3. The number of hydrogen-bond donors (Lipinski definition) is 4. The van der Waals surface area contributed by atoms with Crippen LogP contribution in [-0.2, 0) is 4.79 Å². The van der Waals surface area contributed by atoms with Crippen LogP contribution in [0.15, 0.2) is 12.2 Å². The molecule has 0 heterocycles. The van der Waals surface area contributed by atoms with E-state index in [-0.39, 0.29) is 12.5 Å². The topological polar surface area (TPSA) is 89.8 Å². The van der Waals surface area contributed by atoms with Gasteiger partial charge in [0.1, 0.15) is 6.10 Å². The SMILES string of the molecule is CCCCCCCC/C=C/CCCC(O)C(O)C(CO)NC(=O)CCCCCCCCCCC. The lowest BCUT2D eigenvalue weighted by Crippen LogP contribution is -2.50. The quantitative estimate of drug-likeness (QED) is 0.0871. The molecule has 0 spiro atoms. The monoisotopic (exact) mass is 483 g/mol. The maximum Gasteiger partial charge on any atom is 0.220 e. The number of carbonyl (C=O) groups is 1. The van der Waals surface area contributed by atoms with Crippen LogP contribution in [0, 0.1) is 0 Å². The van der Waals surface area contributed by atoms with Crippen LogP contribution < -0.4 is 5.32 Å². The Balaban J connectivity index is 3.85. The number of hydrogen-bond acceptors (Lipinski definition) is 4. The highest BCUT2D eigenvalue weighted by Gasteiger charge is 2.26. The lowest BCUT2D eigenvalue weighted by Gasteiger charge is -2.26. The third kappa shape index (κ3) is 20.5. The lowest BCUT2D eigenvalue weighted by atomic mass is 10.0. The van der Waals surface area contributed by atoms with Crippen molar-refractivity contribution in [2.24, 2.45) is 0 Å². The molecule has 202 valence electrons. The minimum atomic E-state index is -1.15. The first-order valence-corrected chi connectivity index (χ1v) is 14.5. The average molecular weight is 484 g/mol. The van der Waals surface area contributed by atoms with Crippen LogP contribution in [-0.4, -0.2) is 46.1 Å². The fourth-order valence-electron chi connectivity index (χ4n) is 4.28. The molecule has 5 nitrogen and oxygen atoms in total. The van der Waals surface area contributed by atoms with Gasteiger partial charge >= 0.3 is 0 Å². The van der Waals surface area contributed by atoms with Crippen molar-refractivity contribution in [3.8, 4) is 0 Å². The van der Waals surface area contributed by atoms with Crippen LogP contribution >= 0.6 is 0 Å². The van der Waals surface area contributed by atoms with E-state index in [2.05, 4.69) is 31.3 Å². The number of carbonyl (C=O) groups excluding carboxylic acids is 1. The molecular weight excluding hydrogens is 426 g/mol. The summed E-state index contributed by atoms with van der Waals surface area (Å²) in [4.78, 5) is 12.2. The third-order valence-electron chi connectivity index (χ3n) is 6.62. The number of unbranched alkanes of at least 4 members (excludes halogenated alkanes) is 15. The molecule has 0 aromatic rings. The second-order valence-electron chi connectivity index (χ2n) is 9.95. The number of rotatable bonds is 25. The molecule has 4 N–H and O–H groups in total. The van der Waals surface area contributed by atoms with Crippen molar-refractivity contribution in [3.05, 3.63) is 12.2 Å². The fourth-order valence-corrected chi connectivity index (χ4v) is 4.28. The molecule has 5 heteroatoms. The summed E-state index contributed by atoms with van der Waals surface area (Å²) >= 11 is 0. The smallest absolute Gasteiger partial charge is 0.220 e. The molecule has 0 aromatic heterocycles. The molecule has 0 bridgehead atoms. The molecule has 0 radical (unpaired) electrons. The second-order valence-corrected chi connectivity index (χ2v) is 9.95. The van der Waals surface area contributed by atoms with Gasteiger partial charge < -0.3 is 20.6 Å². The Hall–Kier alpha value is -0.910. The van der Waals surface area contributed by atoms with Crippen LogP contribution in [0.4, 0.5) is 0 Å². The summed E-state index contributed by atoms with van der Waals surface area (Å²) in [6.45, 7) is 4.08. The van der Waals surface area contributed by atoms with Gasteiger partial charge in [0.2, 0.25) is 5.91 Å². The Labute approximate surface area is 210 Å². The Bertz CT molecular complexity index is 469. The van der Waals surface area contributed by atoms with E-state index in [0.717, 1.165) is 38.5 Å². The van der Waals surface area contributed by atoms with E-state index in [4.69, 9.17) is 0 Å². The van der Waals surface area contributed by atoms with Crippen molar-refractivity contribution < 1.29 is 20.1 Å². The summed E-state index contributed by atoms with van der Waals surface area (Å²) in [5, 5.41) is 33.0. The standard InChI is InChI=1S/C29H57NO4/c1-3-5-7-9-11-13-14-16-17-19-21-23-27(32)29(34)26(25-31)30-28(33)24-22-20-18-15-12-10-8-6-4-2/h16-17,26-27,29,31-32,34H,3-15,18-25H2,1-2H3,(H,30,33)/b17-16+. The summed E-state index contributed by atoms with van der Waals surface area (Å²) in [5.41, 5.74) is 0. The molecule has 34 heavy (non-hydrogen) atoms. The van der Waals surface area contributed by atoms with Crippen molar-refractivity contribution in [1.29, 1.82) is 0 Å². The van der Waals surface area contributed by atoms with Crippen molar-refractivity contribution in [2.45, 2.75) is 161 Å². The number of amides is 1. The zero-order valence-corrected chi connectivity index (χ0v) is 22.5. The van der Waals surface area contributed by atoms with Gasteiger partial charge in [-0.3, -0.25) is 4.79 Å². The predicted molar refractivity (Wildman–Crippen MR) is 144 cm³/mol. The Morgan fingerprint density at radius 3 is 1.71 bits per heavy atom. The Morgan fingerprint density at radius 2 is 1.18 bits per heavy atom. The van der Waals surface area contributed by atoms with E-state index in [9.17, 15) is 20.1 Å². The van der Waals surface area contributed by atoms with Crippen molar-refractivity contribution in [2.75, 3.05) is 6.61 Å². The Kier molecular flexibility index (Phi) is 24.5. The van der Waals surface area contributed by atoms with Gasteiger partial charge in [0.15, 0.2) is 0 Å². The molecule has 3 unspecified atom stereocenters. The zero-order valence-electron chi connectivity index (χ0n) is 22.5. The van der Waals surface area contributed by atoms with E-state index in [1.165, 1.54) is 77.0 Å². The molecule has 0 fully saturated rings. The number of nitrogens with one attached hydrogen (secondary N) is 1. The first kappa shape index (κ1) is 33.1. The van der Waals surface area contributed by atoms with Crippen molar-refractivity contribution in [1.82, 2.24) is 5.32 Å². The summed E-state index contributed by atoms with van der Waals surface area (Å²) in [6, 6.07) is -0.815. The molecule has 0 aromatic carbocycles. The molecule has 0 saturated heterocycles. The van der Waals surface area contributed by atoms with E-state index >= 15 is 0 Å². The largest absolute Gasteiger partial charge is 0.394 e. The Morgan fingerprint density at radius 1 is 0.706 bits per heavy atom.